The second kappa shape index (κ2) is 7.35. The molecule has 1 atom stereocenters. The van der Waals surface area contributed by atoms with E-state index in [-0.39, 0.29) is 11.8 Å². The van der Waals surface area contributed by atoms with Crippen molar-refractivity contribution in [2.75, 3.05) is 13.2 Å². The van der Waals surface area contributed by atoms with E-state index in [1.807, 2.05) is 36.4 Å². The summed E-state index contributed by atoms with van der Waals surface area (Å²) >= 11 is 0. The summed E-state index contributed by atoms with van der Waals surface area (Å²) < 4.78 is 10.9. The molecule has 0 saturated carbocycles. The van der Waals surface area contributed by atoms with Gasteiger partial charge in [0.2, 0.25) is 17.6 Å². The van der Waals surface area contributed by atoms with Crippen LogP contribution in [0.5, 0.6) is 5.75 Å². The first-order valence-corrected chi connectivity index (χ1v) is 8.51. The number of nitrogens with zero attached hydrogens (tertiary/aromatic N) is 3. The normalized spacial score (nSPS) is 15.8. The summed E-state index contributed by atoms with van der Waals surface area (Å²) in [5.41, 5.74) is 1.86. The maximum atomic E-state index is 12.4. The molecule has 0 spiro atoms. The summed E-state index contributed by atoms with van der Waals surface area (Å²) in [5.74, 6) is 1.64. The molecule has 0 aliphatic carbocycles. The van der Waals surface area contributed by atoms with Crippen molar-refractivity contribution in [3.05, 3.63) is 60.2 Å². The monoisotopic (exact) mass is 350 g/mol. The van der Waals surface area contributed by atoms with Crippen LogP contribution in [0.4, 0.5) is 0 Å². The number of para-hydroxylation sites is 1. The quantitative estimate of drug-likeness (QED) is 0.757. The van der Waals surface area contributed by atoms with Crippen LogP contribution in [0.3, 0.4) is 0 Å². The van der Waals surface area contributed by atoms with Gasteiger partial charge < -0.3 is 14.6 Å². The molecule has 1 aliphatic heterocycles. The van der Waals surface area contributed by atoms with E-state index in [9.17, 15) is 4.79 Å². The van der Waals surface area contributed by atoms with Crippen LogP contribution in [0.25, 0.3) is 11.4 Å². The Labute approximate surface area is 150 Å². The molecule has 1 amide bonds. The SMILES string of the molecule is O=C(NCCc1nc(-c2cccnc2)no1)[C@H]1COc2ccccc2C1. The Bertz CT molecular complexity index is 895. The standard InChI is InChI=1S/C19H18N4O3/c24-19(15-10-13-4-1-2-6-16(13)25-12-15)21-9-7-17-22-18(23-26-17)14-5-3-8-20-11-14/h1-6,8,11,15H,7,9-10,12H2,(H,21,24)/t15-/m1/s1. The highest BCUT2D eigenvalue weighted by molar-refractivity contribution is 5.79. The molecule has 1 aliphatic rings. The Hall–Kier alpha value is -3.22. The Morgan fingerprint density at radius 1 is 1.23 bits per heavy atom. The van der Waals surface area contributed by atoms with E-state index in [2.05, 4.69) is 20.4 Å². The minimum Gasteiger partial charge on any atom is -0.492 e. The van der Waals surface area contributed by atoms with Crippen LogP contribution in [0.2, 0.25) is 0 Å². The van der Waals surface area contributed by atoms with Gasteiger partial charge in [0, 0.05) is 30.9 Å². The molecule has 7 nitrogen and oxygen atoms in total. The average Bonchev–Trinajstić information content (AvgIpc) is 3.17. The first-order valence-electron chi connectivity index (χ1n) is 8.51. The third-order valence-corrected chi connectivity index (χ3v) is 4.28. The summed E-state index contributed by atoms with van der Waals surface area (Å²) in [4.78, 5) is 20.7. The van der Waals surface area contributed by atoms with Crippen molar-refractivity contribution in [3.8, 4) is 17.1 Å². The number of carbonyl (C=O) groups is 1. The number of rotatable bonds is 5. The average molecular weight is 350 g/mol. The number of hydrogen-bond donors (Lipinski definition) is 1. The van der Waals surface area contributed by atoms with Crippen LogP contribution >= 0.6 is 0 Å². The number of benzene rings is 1. The molecule has 0 unspecified atom stereocenters. The lowest BCUT2D eigenvalue weighted by molar-refractivity contribution is -0.126. The van der Waals surface area contributed by atoms with Crippen molar-refractivity contribution in [2.45, 2.75) is 12.8 Å². The number of aromatic nitrogens is 3. The molecule has 26 heavy (non-hydrogen) atoms. The molecule has 4 rings (SSSR count). The molecule has 3 heterocycles. The van der Waals surface area contributed by atoms with E-state index in [4.69, 9.17) is 9.26 Å². The molecule has 0 fully saturated rings. The van der Waals surface area contributed by atoms with Crippen LogP contribution in [-0.4, -0.2) is 34.2 Å². The first kappa shape index (κ1) is 16.3. The Morgan fingerprint density at radius 2 is 2.15 bits per heavy atom. The first-order chi connectivity index (χ1) is 12.8. The largest absolute Gasteiger partial charge is 0.492 e. The van der Waals surface area contributed by atoms with Gasteiger partial charge in [-0.1, -0.05) is 23.4 Å². The van der Waals surface area contributed by atoms with Gasteiger partial charge in [-0.05, 0) is 30.2 Å². The van der Waals surface area contributed by atoms with Gasteiger partial charge >= 0.3 is 0 Å². The number of carbonyl (C=O) groups excluding carboxylic acids is 1. The molecule has 132 valence electrons. The lowest BCUT2D eigenvalue weighted by Gasteiger charge is -2.24. The van der Waals surface area contributed by atoms with E-state index in [0.29, 0.717) is 37.7 Å². The fourth-order valence-corrected chi connectivity index (χ4v) is 2.90. The van der Waals surface area contributed by atoms with Gasteiger partial charge in [-0.25, -0.2) is 0 Å². The molecule has 1 aromatic carbocycles. The van der Waals surface area contributed by atoms with Gasteiger partial charge in [0.15, 0.2) is 0 Å². The fraction of sp³-hybridized carbons (Fsp3) is 0.263. The lowest BCUT2D eigenvalue weighted by Crippen LogP contribution is -2.38. The van der Waals surface area contributed by atoms with Crippen LogP contribution in [-0.2, 0) is 17.6 Å². The predicted octanol–water partition coefficient (Wildman–Crippen LogP) is 2.04. The van der Waals surface area contributed by atoms with Crippen LogP contribution < -0.4 is 10.1 Å². The zero-order chi connectivity index (χ0) is 17.8. The Kier molecular flexibility index (Phi) is 4.59. The van der Waals surface area contributed by atoms with Crippen molar-refractivity contribution in [1.29, 1.82) is 0 Å². The van der Waals surface area contributed by atoms with Gasteiger partial charge in [0.1, 0.15) is 12.4 Å². The summed E-state index contributed by atoms with van der Waals surface area (Å²) in [5, 5.41) is 6.86. The van der Waals surface area contributed by atoms with Crippen LogP contribution in [0, 0.1) is 5.92 Å². The molecule has 0 radical (unpaired) electrons. The predicted molar refractivity (Wildman–Crippen MR) is 93.4 cm³/mol. The summed E-state index contributed by atoms with van der Waals surface area (Å²) in [6.45, 7) is 0.834. The minimum atomic E-state index is -0.182. The van der Waals surface area contributed by atoms with Crippen molar-refractivity contribution in [1.82, 2.24) is 20.4 Å². The van der Waals surface area contributed by atoms with Gasteiger partial charge in [-0.3, -0.25) is 9.78 Å². The number of ether oxygens (including phenoxy) is 1. The Morgan fingerprint density at radius 3 is 3.04 bits per heavy atom. The molecule has 2 aromatic heterocycles. The third kappa shape index (κ3) is 3.56. The summed E-state index contributed by atoms with van der Waals surface area (Å²) in [6.07, 6.45) is 4.53. The smallest absolute Gasteiger partial charge is 0.228 e. The zero-order valence-electron chi connectivity index (χ0n) is 14.1. The second-order valence-corrected chi connectivity index (χ2v) is 6.11. The zero-order valence-corrected chi connectivity index (χ0v) is 14.1. The van der Waals surface area contributed by atoms with Crippen LogP contribution in [0.15, 0.2) is 53.3 Å². The maximum Gasteiger partial charge on any atom is 0.228 e. The van der Waals surface area contributed by atoms with Gasteiger partial charge in [0.25, 0.3) is 0 Å². The number of nitrogens with one attached hydrogen (secondary N) is 1. The van der Waals surface area contributed by atoms with E-state index in [1.54, 1.807) is 12.4 Å². The topological polar surface area (TPSA) is 90.1 Å². The second-order valence-electron chi connectivity index (χ2n) is 6.11. The van der Waals surface area contributed by atoms with E-state index in [0.717, 1.165) is 16.9 Å². The fourth-order valence-electron chi connectivity index (χ4n) is 2.90. The van der Waals surface area contributed by atoms with Crippen molar-refractivity contribution in [3.63, 3.8) is 0 Å². The molecular weight excluding hydrogens is 332 g/mol. The highest BCUT2D eigenvalue weighted by atomic mass is 16.5. The minimum absolute atomic E-state index is 0.0218. The molecule has 7 heteroatoms. The van der Waals surface area contributed by atoms with Gasteiger partial charge in [-0.15, -0.1) is 0 Å². The summed E-state index contributed by atoms with van der Waals surface area (Å²) in [6, 6.07) is 11.5. The number of amides is 1. The summed E-state index contributed by atoms with van der Waals surface area (Å²) in [7, 11) is 0. The van der Waals surface area contributed by atoms with E-state index in [1.165, 1.54) is 0 Å². The van der Waals surface area contributed by atoms with Gasteiger partial charge in [0.05, 0.1) is 5.92 Å². The Balaban J connectivity index is 1.29. The molecule has 1 N–H and O–H groups in total. The van der Waals surface area contributed by atoms with Gasteiger partial charge in [-0.2, -0.15) is 4.98 Å². The molecule has 0 bridgehead atoms. The number of fused-ring (bicyclic) bond motifs is 1. The lowest BCUT2D eigenvalue weighted by atomic mass is 9.96. The van der Waals surface area contributed by atoms with E-state index >= 15 is 0 Å². The maximum absolute atomic E-state index is 12.4. The molecule has 0 saturated heterocycles. The van der Waals surface area contributed by atoms with Crippen molar-refractivity contribution < 1.29 is 14.1 Å². The highest BCUT2D eigenvalue weighted by Crippen LogP contribution is 2.26. The van der Waals surface area contributed by atoms with Crippen molar-refractivity contribution in [2.24, 2.45) is 5.92 Å². The van der Waals surface area contributed by atoms with Crippen molar-refractivity contribution >= 4 is 5.91 Å². The van der Waals surface area contributed by atoms with Crippen LogP contribution in [0.1, 0.15) is 11.5 Å². The number of pyridine rings is 1. The third-order valence-electron chi connectivity index (χ3n) is 4.28. The highest BCUT2D eigenvalue weighted by Gasteiger charge is 2.25. The van der Waals surface area contributed by atoms with E-state index < -0.39 is 0 Å². The molecule has 3 aromatic rings. The number of hydrogen-bond acceptors (Lipinski definition) is 6. The molecular formula is C19H18N4O3.